The number of nitrogens with two attached hydrogens (primary N) is 1. The van der Waals surface area contributed by atoms with Gasteiger partial charge in [0.05, 0.1) is 23.5 Å². The number of aromatic nitrogens is 3. The van der Waals surface area contributed by atoms with E-state index in [4.69, 9.17) is 5.73 Å². The van der Waals surface area contributed by atoms with Crippen LogP contribution in [0.1, 0.15) is 43.6 Å². The molecule has 0 radical (unpaired) electrons. The average molecular weight is 485 g/mol. The number of likely N-dealkylation sites (tertiary alicyclic amines) is 1. The number of anilines is 1. The van der Waals surface area contributed by atoms with Crippen molar-refractivity contribution >= 4 is 28.3 Å². The van der Waals surface area contributed by atoms with Crippen molar-refractivity contribution in [3.8, 4) is 5.69 Å². The molecule has 4 rings (SSSR count). The Bertz CT molecular complexity index is 1130. The van der Waals surface area contributed by atoms with Gasteiger partial charge in [0, 0.05) is 24.3 Å². The maximum absolute atomic E-state index is 13.0. The van der Waals surface area contributed by atoms with Crippen molar-refractivity contribution in [3.63, 3.8) is 0 Å². The molecule has 0 aliphatic carbocycles. The lowest BCUT2D eigenvalue weighted by atomic mass is 10.1. The molecule has 1 unspecified atom stereocenters. The number of carbonyl (C=O) groups is 2. The number of benzene rings is 1. The van der Waals surface area contributed by atoms with Gasteiger partial charge in [-0.1, -0.05) is 19.1 Å². The normalized spacial score (nSPS) is 20.6. The maximum Gasteiger partial charge on any atom is 0.255 e. The third kappa shape index (κ3) is 4.96. The van der Waals surface area contributed by atoms with Crippen LogP contribution in [0.5, 0.6) is 0 Å². The lowest BCUT2D eigenvalue weighted by Gasteiger charge is -2.28. The number of nitrogens with one attached hydrogen (secondary N) is 1. The third-order valence-electron chi connectivity index (χ3n) is 6.02. The van der Waals surface area contributed by atoms with Gasteiger partial charge in [-0.05, 0) is 43.0 Å². The van der Waals surface area contributed by atoms with E-state index < -0.39 is 30.1 Å². The van der Waals surface area contributed by atoms with Crippen LogP contribution in [0.4, 0.5) is 5.13 Å². The first-order valence-electron chi connectivity index (χ1n) is 11.0. The van der Waals surface area contributed by atoms with Gasteiger partial charge in [0.1, 0.15) is 0 Å². The minimum atomic E-state index is -1.91. The zero-order chi connectivity index (χ0) is 24.4. The Kier molecular flexibility index (Phi) is 6.96. The van der Waals surface area contributed by atoms with E-state index in [2.05, 4.69) is 15.4 Å². The molecule has 1 fully saturated rings. The van der Waals surface area contributed by atoms with Crippen LogP contribution in [0.3, 0.4) is 0 Å². The van der Waals surface area contributed by atoms with Gasteiger partial charge in [-0.2, -0.15) is 5.10 Å². The topological polar surface area (TPSA) is 147 Å². The van der Waals surface area contributed by atoms with Crippen LogP contribution in [-0.2, 0) is 9.59 Å². The van der Waals surface area contributed by atoms with Crippen LogP contribution >= 0.6 is 11.3 Å². The molecule has 1 aromatic carbocycles. The molecular weight excluding hydrogens is 456 g/mol. The Labute approximate surface area is 201 Å². The fourth-order valence-corrected chi connectivity index (χ4v) is 4.80. The van der Waals surface area contributed by atoms with Crippen molar-refractivity contribution < 1.29 is 19.8 Å². The second-order valence-corrected chi connectivity index (χ2v) is 9.51. The van der Waals surface area contributed by atoms with E-state index in [1.807, 2.05) is 43.5 Å². The van der Waals surface area contributed by atoms with Crippen LogP contribution < -0.4 is 11.1 Å². The van der Waals surface area contributed by atoms with E-state index in [9.17, 15) is 19.8 Å². The zero-order valence-corrected chi connectivity index (χ0v) is 19.7. The number of hydrogen-bond acceptors (Lipinski definition) is 8. The predicted molar refractivity (Wildman–Crippen MR) is 127 cm³/mol. The molecule has 5 atom stereocenters. The van der Waals surface area contributed by atoms with E-state index in [1.54, 1.807) is 23.2 Å². The summed E-state index contributed by atoms with van der Waals surface area (Å²) in [6.07, 6.45) is 0.371. The van der Waals surface area contributed by atoms with Crippen molar-refractivity contribution in [1.82, 2.24) is 25.0 Å². The van der Waals surface area contributed by atoms with Crippen LogP contribution in [0.15, 0.2) is 48.1 Å². The van der Waals surface area contributed by atoms with Crippen molar-refractivity contribution in [2.45, 2.75) is 44.6 Å². The van der Waals surface area contributed by atoms with E-state index >= 15 is 0 Å². The smallest absolute Gasteiger partial charge is 0.255 e. The van der Waals surface area contributed by atoms with Crippen molar-refractivity contribution in [2.75, 3.05) is 12.3 Å². The lowest BCUT2D eigenvalue weighted by Crippen LogP contribution is -2.51. The highest BCUT2D eigenvalue weighted by molar-refractivity contribution is 7.13. The molecule has 1 saturated heterocycles. The van der Waals surface area contributed by atoms with Crippen LogP contribution in [0.2, 0.25) is 0 Å². The zero-order valence-electron chi connectivity index (χ0n) is 18.9. The fourth-order valence-electron chi connectivity index (χ4n) is 4.19. The summed E-state index contributed by atoms with van der Waals surface area (Å²) in [6.45, 7) is 4.14. The monoisotopic (exact) mass is 484 g/mol. The van der Waals surface area contributed by atoms with E-state index in [0.717, 1.165) is 11.3 Å². The second-order valence-electron chi connectivity index (χ2n) is 8.62. The molecule has 0 spiro atoms. The molecule has 0 saturated carbocycles. The second kappa shape index (κ2) is 9.92. The Morgan fingerprint density at radius 2 is 1.97 bits per heavy atom. The molecule has 1 aliphatic heterocycles. The molecule has 0 bridgehead atoms. The quantitative estimate of drug-likeness (QED) is 0.397. The molecule has 180 valence electrons. The minimum Gasteiger partial charge on any atom is -0.380 e. The van der Waals surface area contributed by atoms with Crippen LogP contribution in [0, 0.1) is 5.92 Å². The molecule has 11 heteroatoms. The first kappa shape index (κ1) is 23.9. The van der Waals surface area contributed by atoms with Gasteiger partial charge in [-0.25, -0.2) is 9.67 Å². The first-order valence-corrected chi connectivity index (χ1v) is 11.9. The number of rotatable bonds is 7. The summed E-state index contributed by atoms with van der Waals surface area (Å²) in [5.41, 5.74) is 8.05. The Balaban J connectivity index is 1.39. The third-order valence-corrected chi connectivity index (χ3v) is 6.71. The number of nitrogen functional groups attached to an aromatic ring is 1. The van der Waals surface area contributed by atoms with Gasteiger partial charge in [-0.15, -0.1) is 11.3 Å². The van der Waals surface area contributed by atoms with Crippen LogP contribution in [-0.4, -0.2) is 60.4 Å². The Morgan fingerprint density at radius 1 is 1.24 bits per heavy atom. The molecule has 34 heavy (non-hydrogen) atoms. The van der Waals surface area contributed by atoms with Gasteiger partial charge in [0.2, 0.25) is 0 Å². The number of thiazole rings is 1. The van der Waals surface area contributed by atoms with Gasteiger partial charge in [0.25, 0.3) is 11.8 Å². The summed E-state index contributed by atoms with van der Waals surface area (Å²) in [5, 5.41) is 30.0. The number of hydrogen-bond donors (Lipinski definition) is 4. The molecule has 3 heterocycles. The Morgan fingerprint density at radius 3 is 2.59 bits per heavy atom. The largest absolute Gasteiger partial charge is 0.380 e. The highest BCUT2D eigenvalue weighted by atomic mass is 32.1. The SMILES string of the molecule is C[C@@H]1CC(c2csc(N)n2)N(C(=O)[C@H](O)[C@@H](O)C(=O)N[C@H](C)c2ccc(-n3cccn3)cc2)C1. The van der Waals surface area contributed by atoms with Gasteiger partial charge in [-0.3, -0.25) is 9.59 Å². The molecular formula is C23H28N6O4S. The number of aliphatic hydroxyl groups excluding tert-OH is 2. The summed E-state index contributed by atoms with van der Waals surface area (Å²) in [5.74, 6) is -1.36. The summed E-state index contributed by atoms with van der Waals surface area (Å²) in [4.78, 5) is 31.4. The minimum absolute atomic E-state index is 0.180. The fraction of sp³-hybridized carbons (Fsp3) is 0.391. The van der Waals surface area contributed by atoms with Crippen molar-refractivity contribution in [1.29, 1.82) is 0 Å². The highest BCUT2D eigenvalue weighted by Gasteiger charge is 2.41. The van der Waals surface area contributed by atoms with Crippen LogP contribution in [0.25, 0.3) is 5.69 Å². The molecule has 1 aliphatic rings. The standard InChI is InChI=1S/C23H28N6O4S/c1-13-10-18(17-12-34-23(24)27-17)28(11-13)22(33)20(31)19(30)21(32)26-14(2)15-4-6-16(7-5-15)29-9-3-8-25-29/h3-9,12-14,18-20,30-31H,10-11H2,1-2H3,(H2,24,27)(H,26,32)/t13-,14-,18?,19-,20-/m1/s1. The van der Waals surface area contributed by atoms with E-state index in [0.29, 0.717) is 23.8 Å². The predicted octanol–water partition coefficient (Wildman–Crippen LogP) is 1.42. The number of nitrogens with zero attached hydrogens (tertiary/aromatic N) is 4. The molecule has 3 aromatic rings. The average Bonchev–Trinajstić information content (AvgIpc) is 3.58. The first-order chi connectivity index (χ1) is 16.2. The van der Waals surface area contributed by atoms with Gasteiger partial charge in [0.15, 0.2) is 17.3 Å². The van der Waals surface area contributed by atoms with Gasteiger partial charge >= 0.3 is 0 Å². The number of aliphatic hydroxyl groups is 2. The summed E-state index contributed by atoms with van der Waals surface area (Å²) >= 11 is 1.28. The lowest BCUT2D eigenvalue weighted by molar-refractivity contribution is -0.154. The van der Waals surface area contributed by atoms with Crippen molar-refractivity contribution in [2.24, 2.45) is 5.92 Å². The summed E-state index contributed by atoms with van der Waals surface area (Å²) in [6, 6.07) is 8.42. The highest BCUT2D eigenvalue weighted by Crippen LogP contribution is 2.36. The summed E-state index contributed by atoms with van der Waals surface area (Å²) in [7, 11) is 0. The molecule has 2 amide bonds. The summed E-state index contributed by atoms with van der Waals surface area (Å²) < 4.78 is 1.71. The molecule has 10 nitrogen and oxygen atoms in total. The van der Waals surface area contributed by atoms with Crippen molar-refractivity contribution in [3.05, 3.63) is 59.4 Å². The number of amides is 2. The molecule has 5 N–H and O–H groups in total. The molecule has 2 aromatic heterocycles. The number of carbonyl (C=O) groups excluding carboxylic acids is 2. The van der Waals surface area contributed by atoms with Gasteiger partial charge < -0.3 is 26.2 Å². The van der Waals surface area contributed by atoms with E-state index in [-0.39, 0.29) is 12.0 Å². The Hall–Kier alpha value is -3.28. The maximum atomic E-state index is 13.0. The van der Waals surface area contributed by atoms with E-state index in [1.165, 1.54) is 16.2 Å².